The Morgan fingerprint density at radius 3 is 2.33 bits per heavy atom. The van der Waals surface area contributed by atoms with Crippen molar-refractivity contribution in [2.75, 3.05) is 25.1 Å². The van der Waals surface area contributed by atoms with Crippen LogP contribution in [0.25, 0.3) is 0 Å². The Kier molecular flexibility index (Phi) is 4.99. The minimum absolute atomic E-state index is 0.193. The van der Waals surface area contributed by atoms with Gasteiger partial charge in [0.1, 0.15) is 0 Å². The maximum absolute atomic E-state index is 8.83. The van der Waals surface area contributed by atoms with Crippen LogP contribution in [-0.2, 0) is 0 Å². The minimum atomic E-state index is 0.193. The molecule has 15 heavy (non-hydrogen) atoms. The van der Waals surface area contributed by atoms with Crippen molar-refractivity contribution in [2.45, 2.75) is 24.0 Å². The van der Waals surface area contributed by atoms with Crippen LogP contribution in [0.3, 0.4) is 0 Å². The Bertz CT molecular complexity index is 284. The van der Waals surface area contributed by atoms with Crippen LogP contribution in [-0.4, -0.2) is 30.6 Å². The van der Waals surface area contributed by atoms with Gasteiger partial charge in [-0.2, -0.15) is 0 Å². The quantitative estimate of drug-likeness (QED) is 0.779. The van der Waals surface area contributed by atoms with Crippen LogP contribution in [0.5, 0.6) is 0 Å². The van der Waals surface area contributed by atoms with E-state index in [2.05, 4.69) is 38.1 Å². The van der Waals surface area contributed by atoms with E-state index in [4.69, 9.17) is 5.11 Å². The van der Waals surface area contributed by atoms with Crippen molar-refractivity contribution in [1.29, 1.82) is 0 Å². The predicted molar refractivity (Wildman–Crippen MR) is 67.8 cm³/mol. The maximum atomic E-state index is 8.83. The van der Waals surface area contributed by atoms with E-state index in [1.54, 1.807) is 0 Å². The fourth-order valence-electron chi connectivity index (χ4n) is 1.33. The van der Waals surface area contributed by atoms with Gasteiger partial charge in [0.2, 0.25) is 0 Å². The molecule has 0 atom stereocenters. The Morgan fingerprint density at radius 2 is 1.87 bits per heavy atom. The molecular formula is C12H19NOS. The average Bonchev–Trinajstić information content (AvgIpc) is 2.18. The first kappa shape index (κ1) is 12.4. The zero-order valence-electron chi connectivity index (χ0n) is 9.60. The lowest BCUT2D eigenvalue weighted by Crippen LogP contribution is -2.20. The molecule has 0 aliphatic heterocycles. The van der Waals surface area contributed by atoms with Gasteiger partial charge < -0.3 is 10.0 Å². The summed E-state index contributed by atoms with van der Waals surface area (Å²) in [5, 5.41) is 9.44. The zero-order valence-corrected chi connectivity index (χ0v) is 10.4. The first-order valence-electron chi connectivity index (χ1n) is 5.22. The molecule has 0 radical (unpaired) electrons. The third-order valence-electron chi connectivity index (χ3n) is 2.08. The summed E-state index contributed by atoms with van der Waals surface area (Å²) in [6, 6.07) is 8.46. The van der Waals surface area contributed by atoms with Gasteiger partial charge in [-0.3, -0.25) is 0 Å². The van der Waals surface area contributed by atoms with Crippen LogP contribution in [0.15, 0.2) is 29.2 Å². The number of hydrogen-bond donors (Lipinski definition) is 1. The van der Waals surface area contributed by atoms with E-state index in [1.807, 2.05) is 23.7 Å². The Balaban J connectivity index is 2.63. The van der Waals surface area contributed by atoms with E-state index in [0.717, 1.165) is 5.69 Å². The number of anilines is 1. The largest absolute Gasteiger partial charge is 0.395 e. The van der Waals surface area contributed by atoms with Crippen molar-refractivity contribution in [3.8, 4) is 0 Å². The molecule has 0 saturated heterocycles. The summed E-state index contributed by atoms with van der Waals surface area (Å²) in [4.78, 5) is 3.34. The molecule has 84 valence electrons. The molecule has 0 saturated carbocycles. The Hall–Kier alpha value is -0.670. The molecule has 2 nitrogen and oxygen atoms in total. The first-order chi connectivity index (χ1) is 7.13. The number of likely N-dealkylation sites (N-methyl/N-ethyl adjacent to an activating group) is 1. The molecule has 1 N–H and O–H groups in total. The van der Waals surface area contributed by atoms with Crippen LogP contribution in [0, 0.1) is 0 Å². The summed E-state index contributed by atoms with van der Waals surface area (Å²) >= 11 is 1.86. The van der Waals surface area contributed by atoms with Gasteiger partial charge >= 0.3 is 0 Å². The molecule has 0 bridgehead atoms. The van der Waals surface area contributed by atoms with E-state index in [1.165, 1.54) is 4.90 Å². The minimum Gasteiger partial charge on any atom is -0.395 e. The molecule has 1 rings (SSSR count). The molecular weight excluding hydrogens is 206 g/mol. The van der Waals surface area contributed by atoms with E-state index >= 15 is 0 Å². The SMILES string of the molecule is CC(C)Sc1ccc(N(C)CCO)cc1. The Morgan fingerprint density at radius 1 is 1.27 bits per heavy atom. The molecule has 0 unspecified atom stereocenters. The van der Waals surface area contributed by atoms with Crippen molar-refractivity contribution < 1.29 is 5.11 Å². The van der Waals surface area contributed by atoms with Crippen LogP contribution >= 0.6 is 11.8 Å². The van der Waals surface area contributed by atoms with Crippen LogP contribution in [0.2, 0.25) is 0 Å². The normalized spacial score (nSPS) is 10.7. The van der Waals surface area contributed by atoms with Gasteiger partial charge in [0, 0.05) is 29.4 Å². The molecule has 1 aromatic rings. The summed E-state index contributed by atoms with van der Waals surface area (Å²) in [7, 11) is 1.99. The van der Waals surface area contributed by atoms with E-state index in [-0.39, 0.29) is 6.61 Å². The highest BCUT2D eigenvalue weighted by Gasteiger charge is 2.01. The van der Waals surface area contributed by atoms with Crippen molar-refractivity contribution in [3.63, 3.8) is 0 Å². The van der Waals surface area contributed by atoms with Gasteiger partial charge in [0.25, 0.3) is 0 Å². The third kappa shape index (κ3) is 4.14. The van der Waals surface area contributed by atoms with Gasteiger partial charge in [0.05, 0.1) is 6.61 Å². The number of hydrogen-bond acceptors (Lipinski definition) is 3. The van der Waals surface area contributed by atoms with Gasteiger partial charge in [-0.1, -0.05) is 13.8 Å². The summed E-state index contributed by atoms with van der Waals surface area (Å²) in [5.74, 6) is 0. The third-order valence-corrected chi connectivity index (χ3v) is 3.10. The van der Waals surface area contributed by atoms with Gasteiger partial charge in [-0.05, 0) is 24.3 Å². The molecule has 0 spiro atoms. The van der Waals surface area contributed by atoms with Gasteiger partial charge in [-0.15, -0.1) is 11.8 Å². The van der Waals surface area contributed by atoms with E-state index in [9.17, 15) is 0 Å². The number of aliphatic hydroxyl groups excluding tert-OH is 1. The predicted octanol–water partition coefficient (Wildman–Crippen LogP) is 2.62. The van der Waals surface area contributed by atoms with Crippen molar-refractivity contribution in [1.82, 2.24) is 0 Å². The first-order valence-corrected chi connectivity index (χ1v) is 6.10. The number of aliphatic hydroxyl groups is 1. The molecule has 0 fully saturated rings. The van der Waals surface area contributed by atoms with Crippen molar-refractivity contribution in [3.05, 3.63) is 24.3 Å². The standard InChI is InChI=1S/C12H19NOS/c1-10(2)15-12-6-4-11(5-7-12)13(3)8-9-14/h4-7,10,14H,8-9H2,1-3H3. The highest BCUT2D eigenvalue weighted by Crippen LogP contribution is 2.24. The summed E-state index contributed by atoms with van der Waals surface area (Å²) < 4.78 is 0. The summed E-state index contributed by atoms with van der Waals surface area (Å²) in [5.41, 5.74) is 1.15. The molecule has 1 aromatic carbocycles. The topological polar surface area (TPSA) is 23.5 Å². The number of benzene rings is 1. The fraction of sp³-hybridized carbons (Fsp3) is 0.500. The molecule has 0 amide bonds. The van der Waals surface area contributed by atoms with Gasteiger partial charge in [-0.25, -0.2) is 0 Å². The zero-order chi connectivity index (χ0) is 11.3. The number of nitrogens with zero attached hydrogens (tertiary/aromatic N) is 1. The van der Waals surface area contributed by atoms with Crippen LogP contribution in [0.1, 0.15) is 13.8 Å². The molecule has 3 heteroatoms. The summed E-state index contributed by atoms with van der Waals surface area (Å²) in [6.45, 7) is 5.25. The van der Waals surface area contributed by atoms with Crippen molar-refractivity contribution in [2.24, 2.45) is 0 Å². The lowest BCUT2D eigenvalue weighted by atomic mass is 10.3. The number of thioether (sulfide) groups is 1. The lowest BCUT2D eigenvalue weighted by molar-refractivity contribution is 0.304. The second-order valence-corrected chi connectivity index (χ2v) is 5.46. The molecule has 0 aliphatic rings. The maximum Gasteiger partial charge on any atom is 0.0606 e. The fourth-order valence-corrected chi connectivity index (χ4v) is 2.17. The molecule has 0 heterocycles. The summed E-state index contributed by atoms with van der Waals surface area (Å²) in [6.07, 6.45) is 0. The molecule has 0 aromatic heterocycles. The number of rotatable bonds is 5. The van der Waals surface area contributed by atoms with Crippen LogP contribution < -0.4 is 4.90 Å². The van der Waals surface area contributed by atoms with Crippen molar-refractivity contribution >= 4 is 17.4 Å². The van der Waals surface area contributed by atoms with E-state index in [0.29, 0.717) is 11.8 Å². The highest BCUT2D eigenvalue weighted by atomic mass is 32.2. The van der Waals surface area contributed by atoms with E-state index < -0.39 is 0 Å². The smallest absolute Gasteiger partial charge is 0.0606 e. The molecule has 0 aliphatic carbocycles. The highest BCUT2D eigenvalue weighted by molar-refractivity contribution is 7.99. The average molecular weight is 225 g/mol. The lowest BCUT2D eigenvalue weighted by Gasteiger charge is -2.18. The van der Waals surface area contributed by atoms with Crippen LogP contribution in [0.4, 0.5) is 5.69 Å². The Labute approximate surface area is 96.3 Å². The van der Waals surface area contributed by atoms with Gasteiger partial charge in [0.15, 0.2) is 0 Å². The second kappa shape index (κ2) is 6.03. The second-order valence-electron chi connectivity index (χ2n) is 3.81. The monoisotopic (exact) mass is 225 g/mol.